The van der Waals surface area contributed by atoms with Crippen LogP contribution in [0.3, 0.4) is 0 Å². The number of carbonyl (C=O) groups is 3. The molecule has 1 heterocycles. The van der Waals surface area contributed by atoms with Crippen molar-refractivity contribution < 1.29 is 19.1 Å². The van der Waals surface area contributed by atoms with Gasteiger partial charge in [0.15, 0.2) is 0 Å². The Balaban J connectivity index is 1.73. The van der Waals surface area contributed by atoms with Crippen molar-refractivity contribution in [2.75, 3.05) is 13.7 Å². The molecule has 6 heteroatoms. The van der Waals surface area contributed by atoms with E-state index in [2.05, 4.69) is 5.32 Å². The Morgan fingerprint density at radius 1 is 1.04 bits per heavy atom. The van der Waals surface area contributed by atoms with E-state index in [1.165, 1.54) is 0 Å². The maximum absolute atomic E-state index is 12.5. The first kappa shape index (κ1) is 18.6. The molecule has 1 aliphatic heterocycles. The molecule has 140 valence electrons. The number of amides is 3. The molecule has 1 unspecified atom stereocenters. The molecule has 0 saturated heterocycles. The summed E-state index contributed by atoms with van der Waals surface area (Å²) in [6.45, 7) is 5.33. The van der Waals surface area contributed by atoms with E-state index >= 15 is 0 Å². The molecule has 1 atom stereocenters. The van der Waals surface area contributed by atoms with Gasteiger partial charge in [-0.25, -0.2) is 0 Å². The SMILES string of the molecule is COc1ccc(C)cc1C(C)NC(=O)CN1C(=O)c2ccc(C)cc2C1=O. The number of nitrogens with one attached hydrogen (secondary N) is 1. The number of imide groups is 1. The number of fused-ring (bicyclic) bond motifs is 1. The number of benzene rings is 2. The van der Waals surface area contributed by atoms with Crippen LogP contribution in [0, 0.1) is 13.8 Å². The molecular weight excluding hydrogens is 344 g/mol. The zero-order valence-electron chi connectivity index (χ0n) is 15.8. The molecule has 3 amide bonds. The second-order valence-corrected chi connectivity index (χ2v) is 6.78. The van der Waals surface area contributed by atoms with Gasteiger partial charge in [0, 0.05) is 5.56 Å². The summed E-state index contributed by atoms with van der Waals surface area (Å²) in [4.78, 5) is 38.4. The van der Waals surface area contributed by atoms with Gasteiger partial charge in [0.1, 0.15) is 12.3 Å². The molecule has 3 rings (SSSR count). The minimum Gasteiger partial charge on any atom is -0.496 e. The maximum Gasteiger partial charge on any atom is 0.262 e. The number of methoxy groups -OCH3 is 1. The van der Waals surface area contributed by atoms with Crippen molar-refractivity contribution in [1.82, 2.24) is 10.2 Å². The highest BCUT2D eigenvalue weighted by Gasteiger charge is 2.36. The zero-order valence-corrected chi connectivity index (χ0v) is 15.8. The van der Waals surface area contributed by atoms with Gasteiger partial charge in [-0.05, 0) is 39.0 Å². The summed E-state index contributed by atoms with van der Waals surface area (Å²) in [6, 6.07) is 10.5. The monoisotopic (exact) mass is 366 g/mol. The Morgan fingerprint density at radius 3 is 2.37 bits per heavy atom. The quantitative estimate of drug-likeness (QED) is 0.826. The molecule has 2 aromatic carbocycles. The van der Waals surface area contributed by atoms with E-state index < -0.39 is 17.7 Å². The van der Waals surface area contributed by atoms with Crippen LogP contribution in [0.15, 0.2) is 36.4 Å². The first-order valence-electron chi connectivity index (χ1n) is 8.72. The molecule has 0 radical (unpaired) electrons. The summed E-state index contributed by atoms with van der Waals surface area (Å²) in [6.07, 6.45) is 0. The fourth-order valence-electron chi connectivity index (χ4n) is 3.25. The van der Waals surface area contributed by atoms with Crippen molar-refractivity contribution in [2.24, 2.45) is 0 Å². The Labute approximate surface area is 158 Å². The van der Waals surface area contributed by atoms with Crippen LogP contribution in [0.2, 0.25) is 0 Å². The molecular formula is C21H22N2O4. The lowest BCUT2D eigenvalue weighted by atomic mass is 10.0. The molecule has 0 saturated carbocycles. The smallest absolute Gasteiger partial charge is 0.262 e. The molecule has 0 bridgehead atoms. The summed E-state index contributed by atoms with van der Waals surface area (Å²) >= 11 is 0. The number of hydrogen-bond donors (Lipinski definition) is 1. The lowest BCUT2D eigenvalue weighted by Crippen LogP contribution is -2.41. The number of rotatable bonds is 5. The molecule has 0 aromatic heterocycles. The summed E-state index contributed by atoms with van der Waals surface area (Å²) in [5, 5.41) is 2.84. The molecule has 27 heavy (non-hydrogen) atoms. The second-order valence-electron chi connectivity index (χ2n) is 6.78. The molecule has 1 aliphatic rings. The van der Waals surface area contributed by atoms with E-state index in [0.29, 0.717) is 16.9 Å². The first-order chi connectivity index (χ1) is 12.8. The van der Waals surface area contributed by atoms with E-state index in [0.717, 1.165) is 21.6 Å². The number of aryl methyl sites for hydroxylation is 2. The highest BCUT2D eigenvalue weighted by Crippen LogP contribution is 2.27. The number of nitrogens with zero attached hydrogens (tertiary/aromatic N) is 1. The van der Waals surface area contributed by atoms with E-state index in [1.54, 1.807) is 25.3 Å². The molecule has 2 aromatic rings. The molecule has 0 aliphatic carbocycles. The maximum atomic E-state index is 12.5. The third kappa shape index (κ3) is 3.56. The van der Waals surface area contributed by atoms with Gasteiger partial charge >= 0.3 is 0 Å². The van der Waals surface area contributed by atoms with Crippen molar-refractivity contribution in [2.45, 2.75) is 26.8 Å². The Kier molecular flexibility index (Phi) is 4.99. The van der Waals surface area contributed by atoms with Crippen LogP contribution in [0.1, 0.15) is 50.4 Å². The molecule has 0 spiro atoms. The van der Waals surface area contributed by atoms with Crippen LogP contribution < -0.4 is 10.1 Å². The molecule has 1 N–H and O–H groups in total. The summed E-state index contributed by atoms with van der Waals surface area (Å²) in [7, 11) is 1.57. The number of hydrogen-bond acceptors (Lipinski definition) is 4. The third-order valence-corrected chi connectivity index (χ3v) is 4.66. The van der Waals surface area contributed by atoms with Crippen molar-refractivity contribution >= 4 is 17.7 Å². The van der Waals surface area contributed by atoms with Crippen molar-refractivity contribution in [3.05, 3.63) is 64.2 Å². The molecule has 6 nitrogen and oxygen atoms in total. The lowest BCUT2D eigenvalue weighted by molar-refractivity contribution is -0.122. The predicted octanol–water partition coefficient (Wildman–Crippen LogP) is 2.79. The standard InChI is InChI=1S/C21H22N2O4/c1-12-5-7-15-17(10-12)21(26)23(20(15)25)11-19(24)22-14(3)16-9-13(2)6-8-18(16)27-4/h5-10,14H,11H2,1-4H3,(H,22,24). The zero-order chi connectivity index (χ0) is 19.7. The van der Waals surface area contributed by atoms with Crippen LogP contribution >= 0.6 is 0 Å². The fourth-order valence-corrected chi connectivity index (χ4v) is 3.25. The minimum atomic E-state index is -0.439. The van der Waals surface area contributed by atoms with E-state index in [-0.39, 0.29) is 12.6 Å². The Morgan fingerprint density at radius 2 is 1.67 bits per heavy atom. The third-order valence-electron chi connectivity index (χ3n) is 4.66. The summed E-state index contributed by atoms with van der Waals surface area (Å²) < 4.78 is 5.35. The highest BCUT2D eigenvalue weighted by molar-refractivity contribution is 6.22. The van der Waals surface area contributed by atoms with Gasteiger partial charge in [-0.15, -0.1) is 0 Å². The van der Waals surface area contributed by atoms with Crippen molar-refractivity contribution in [3.63, 3.8) is 0 Å². The van der Waals surface area contributed by atoms with E-state index in [1.807, 2.05) is 39.0 Å². The summed E-state index contributed by atoms with van der Waals surface area (Å²) in [5.41, 5.74) is 3.46. The van der Waals surface area contributed by atoms with Gasteiger partial charge in [-0.2, -0.15) is 0 Å². The van der Waals surface area contributed by atoms with Crippen LogP contribution in [-0.4, -0.2) is 36.3 Å². The topological polar surface area (TPSA) is 75.7 Å². The predicted molar refractivity (Wildman–Crippen MR) is 101 cm³/mol. The van der Waals surface area contributed by atoms with Gasteiger partial charge in [0.25, 0.3) is 11.8 Å². The molecule has 0 fully saturated rings. The van der Waals surface area contributed by atoms with Crippen molar-refractivity contribution in [1.29, 1.82) is 0 Å². The van der Waals surface area contributed by atoms with Crippen LogP contribution in [-0.2, 0) is 4.79 Å². The van der Waals surface area contributed by atoms with Crippen molar-refractivity contribution in [3.8, 4) is 5.75 Å². The fraction of sp³-hybridized carbons (Fsp3) is 0.286. The number of carbonyl (C=O) groups excluding carboxylic acids is 3. The van der Waals surface area contributed by atoms with E-state index in [9.17, 15) is 14.4 Å². The van der Waals surface area contributed by atoms with Gasteiger partial charge in [-0.3, -0.25) is 19.3 Å². The van der Waals surface area contributed by atoms with E-state index in [4.69, 9.17) is 4.74 Å². The van der Waals surface area contributed by atoms with Crippen LogP contribution in [0.4, 0.5) is 0 Å². The Hall–Kier alpha value is -3.15. The first-order valence-corrected chi connectivity index (χ1v) is 8.72. The number of ether oxygens (including phenoxy) is 1. The minimum absolute atomic E-state index is 0.316. The van der Waals surface area contributed by atoms with Gasteiger partial charge in [0.05, 0.1) is 24.3 Å². The highest BCUT2D eigenvalue weighted by atomic mass is 16.5. The second kappa shape index (κ2) is 7.23. The van der Waals surface area contributed by atoms with Gasteiger partial charge in [0.2, 0.25) is 5.91 Å². The Bertz CT molecular complexity index is 936. The average molecular weight is 366 g/mol. The average Bonchev–Trinajstić information content (AvgIpc) is 2.86. The van der Waals surface area contributed by atoms with Crippen LogP contribution in [0.5, 0.6) is 5.75 Å². The van der Waals surface area contributed by atoms with Crippen LogP contribution in [0.25, 0.3) is 0 Å². The normalized spacial score (nSPS) is 14.1. The van der Waals surface area contributed by atoms with Gasteiger partial charge < -0.3 is 10.1 Å². The lowest BCUT2D eigenvalue weighted by Gasteiger charge is -2.20. The van der Waals surface area contributed by atoms with Gasteiger partial charge in [-0.1, -0.05) is 29.3 Å². The summed E-state index contributed by atoms with van der Waals surface area (Å²) in [5.74, 6) is -0.609. The largest absolute Gasteiger partial charge is 0.496 e.